The van der Waals surface area contributed by atoms with Gasteiger partial charge in [-0.05, 0) is 25.2 Å². The molecule has 2 rings (SSSR count). The van der Waals surface area contributed by atoms with Crippen molar-refractivity contribution < 1.29 is 0 Å². The Bertz CT molecular complexity index is 414. The molecule has 1 saturated carbocycles. The Morgan fingerprint density at radius 1 is 1.47 bits per heavy atom. The van der Waals surface area contributed by atoms with Crippen LogP contribution >= 0.6 is 0 Å². The summed E-state index contributed by atoms with van der Waals surface area (Å²) in [6.07, 6.45) is 5.39. The number of nitrogens with two attached hydrogens (primary N) is 1. The molecule has 0 aromatic carbocycles. The molecular formula is C12H22N4O. The van der Waals surface area contributed by atoms with E-state index in [0.717, 1.165) is 25.1 Å². The number of hydrogen-bond donors (Lipinski definition) is 2. The molecule has 1 aromatic heterocycles. The van der Waals surface area contributed by atoms with E-state index in [-0.39, 0.29) is 11.7 Å². The number of aromatic nitrogens is 3. The number of nitrogens with one attached hydrogen (secondary N) is 1. The highest BCUT2D eigenvalue weighted by molar-refractivity contribution is 4.97. The monoisotopic (exact) mass is 238 g/mol. The highest BCUT2D eigenvalue weighted by atomic mass is 16.1. The molecule has 17 heavy (non-hydrogen) atoms. The zero-order chi connectivity index (χ0) is 12.4. The van der Waals surface area contributed by atoms with Gasteiger partial charge >= 0.3 is 5.69 Å². The highest BCUT2D eigenvalue weighted by Gasteiger charge is 2.25. The number of aromatic amines is 1. The van der Waals surface area contributed by atoms with Gasteiger partial charge in [0.15, 0.2) is 5.82 Å². The van der Waals surface area contributed by atoms with E-state index in [9.17, 15) is 4.79 Å². The molecule has 0 spiro atoms. The van der Waals surface area contributed by atoms with Gasteiger partial charge in [-0.2, -0.15) is 5.10 Å². The fourth-order valence-electron chi connectivity index (χ4n) is 2.71. The van der Waals surface area contributed by atoms with E-state index in [2.05, 4.69) is 24.0 Å². The first-order valence-electron chi connectivity index (χ1n) is 6.52. The first-order chi connectivity index (χ1) is 8.09. The van der Waals surface area contributed by atoms with Gasteiger partial charge in [0.1, 0.15) is 0 Å². The third-order valence-electron chi connectivity index (χ3n) is 3.48. The van der Waals surface area contributed by atoms with Crippen molar-refractivity contribution >= 4 is 0 Å². The Morgan fingerprint density at radius 3 is 2.71 bits per heavy atom. The standard InChI is InChI=1S/C12H22N4O/c1-8(2)7-10(13)11-14-15-12(17)16(11)9-5-3-4-6-9/h8-10H,3-7,13H2,1-2H3,(H,15,17)/t10-/m0/s1. The summed E-state index contributed by atoms with van der Waals surface area (Å²) < 4.78 is 1.79. The third kappa shape index (κ3) is 2.60. The zero-order valence-corrected chi connectivity index (χ0v) is 10.6. The lowest BCUT2D eigenvalue weighted by molar-refractivity contribution is 0.430. The molecule has 1 fully saturated rings. The van der Waals surface area contributed by atoms with Crippen molar-refractivity contribution in [1.82, 2.24) is 14.8 Å². The Balaban J connectivity index is 2.25. The molecule has 1 atom stereocenters. The molecule has 0 aliphatic heterocycles. The number of nitrogens with zero attached hydrogens (tertiary/aromatic N) is 2. The summed E-state index contributed by atoms with van der Waals surface area (Å²) in [6.45, 7) is 4.26. The molecular weight excluding hydrogens is 216 g/mol. The van der Waals surface area contributed by atoms with E-state index in [1.807, 2.05) is 0 Å². The first kappa shape index (κ1) is 12.4. The predicted octanol–water partition coefficient (Wildman–Crippen LogP) is 1.73. The van der Waals surface area contributed by atoms with Crippen molar-refractivity contribution in [2.24, 2.45) is 11.7 Å². The van der Waals surface area contributed by atoms with Crippen molar-refractivity contribution in [3.8, 4) is 0 Å². The summed E-state index contributed by atoms with van der Waals surface area (Å²) in [5.74, 6) is 1.24. The van der Waals surface area contributed by atoms with E-state index in [1.165, 1.54) is 12.8 Å². The van der Waals surface area contributed by atoms with Crippen LogP contribution in [0.15, 0.2) is 4.79 Å². The van der Waals surface area contributed by atoms with E-state index in [4.69, 9.17) is 5.73 Å². The quantitative estimate of drug-likeness (QED) is 0.838. The summed E-state index contributed by atoms with van der Waals surface area (Å²) in [6, 6.07) is 0.156. The lowest BCUT2D eigenvalue weighted by Gasteiger charge is -2.18. The van der Waals surface area contributed by atoms with Gasteiger partial charge in [-0.3, -0.25) is 4.57 Å². The summed E-state index contributed by atoms with van der Waals surface area (Å²) in [4.78, 5) is 11.8. The Morgan fingerprint density at radius 2 is 2.12 bits per heavy atom. The van der Waals surface area contributed by atoms with Gasteiger partial charge in [-0.15, -0.1) is 0 Å². The van der Waals surface area contributed by atoms with Crippen LogP contribution in [0.4, 0.5) is 0 Å². The first-order valence-corrected chi connectivity index (χ1v) is 6.52. The van der Waals surface area contributed by atoms with Crippen LogP contribution in [-0.2, 0) is 0 Å². The molecule has 0 bridgehead atoms. The molecule has 5 heteroatoms. The van der Waals surface area contributed by atoms with Gasteiger partial charge in [0, 0.05) is 6.04 Å². The van der Waals surface area contributed by atoms with Gasteiger partial charge in [-0.1, -0.05) is 26.7 Å². The maximum atomic E-state index is 11.8. The highest BCUT2D eigenvalue weighted by Crippen LogP contribution is 2.30. The van der Waals surface area contributed by atoms with E-state index >= 15 is 0 Å². The Kier molecular flexibility index (Phi) is 3.66. The second kappa shape index (κ2) is 5.04. The molecule has 3 N–H and O–H groups in total. The molecule has 5 nitrogen and oxygen atoms in total. The lowest BCUT2D eigenvalue weighted by Crippen LogP contribution is -2.26. The minimum absolute atomic E-state index is 0.105. The van der Waals surface area contributed by atoms with E-state index < -0.39 is 0 Å². The fourth-order valence-corrected chi connectivity index (χ4v) is 2.71. The van der Waals surface area contributed by atoms with Crippen LogP contribution < -0.4 is 11.4 Å². The summed E-state index contributed by atoms with van der Waals surface area (Å²) in [5, 5.41) is 6.66. The molecule has 0 unspecified atom stereocenters. The van der Waals surface area contributed by atoms with E-state index in [1.54, 1.807) is 4.57 Å². The van der Waals surface area contributed by atoms with Gasteiger partial charge in [0.2, 0.25) is 0 Å². The lowest BCUT2D eigenvalue weighted by atomic mass is 10.0. The van der Waals surface area contributed by atoms with Crippen molar-refractivity contribution in [2.45, 2.75) is 58.0 Å². The average molecular weight is 238 g/mol. The van der Waals surface area contributed by atoms with Gasteiger partial charge in [0.25, 0.3) is 0 Å². The minimum atomic E-state index is -0.144. The van der Waals surface area contributed by atoms with Crippen LogP contribution in [0, 0.1) is 5.92 Å². The fraction of sp³-hybridized carbons (Fsp3) is 0.833. The zero-order valence-electron chi connectivity index (χ0n) is 10.6. The maximum absolute atomic E-state index is 11.8. The normalized spacial score (nSPS) is 19.1. The molecule has 96 valence electrons. The van der Waals surface area contributed by atoms with Crippen LogP contribution in [-0.4, -0.2) is 14.8 Å². The van der Waals surface area contributed by atoms with Crippen molar-refractivity contribution in [3.63, 3.8) is 0 Å². The minimum Gasteiger partial charge on any atom is -0.321 e. The molecule has 0 radical (unpaired) electrons. The summed E-state index contributed by atoms with van der Waals surface area (Å²) in [5.41, 5.74) is 6.03. The number of hydrogen-bond acceptors (Lipinski definition) is 3. The Labute approximate surface area is 101 Å². The average Bonchev–Trinajstić information content (AvgIpc) is 2.84. The van der Waals surface area contributed by atoms with Crippen molar-refractivity contribution in [2.75, 3.05) is 0 Å². The van der Waals surface area contributed by atoms with Crippen molar-refractivity contribution in [3.05, 3.63) is 16.3 Å². The van der Waals surface area contributed by atoms with Crippen molar-refractivity contribution in [1.29, 1.82) is 0 Å². The van der Waals surface area contributed by atoms with Crippen LogP contribution in [0.25, 0.3) is 0 Å². The second-order valence-corrected chi connectivity index (χ2v) is 5.43. The van der Waals surface area contributed by atoms with Crippen LogP contribution in [0.5, 0.6) is 0 Å². The van der Waals surface area contributed by atoms with Crippen LogP contribution in [0.3, 0.4) is 0 Å². The Hall–Kier alpha value is -1.10. The maximum Gasteiger partial charge on any atom is 0.343 e. The molecule has 1 aliphatic carbocycles. The van der Waals surface area contributed by atoms with Crippen LogP contribution in [0.1, 0.15) is 63.9 Å². The van der Waals surface area contributed by atoms with Gasteiger partial charge in [0.05, 0.1) is 6.04 Å². The summed E-state index contributed by atoms with van der Waals surface area (Å²) >= 11 is 0. The van der Waals surface area contributed by atoms with E-state index in [0.29, 0.717) is 12.0 Å². The predicted molar refractivity (Wildman–Crippen MR) is 66.7 cm³/mol. The summed E-state index contributed by atoms with van der Waals surface area (Å²) in [7, 11) is 0. The largest absolute Gasteiger partial charge is 0.343 e. The molecule has 1 aromatic rings. The molecule has 0 saturated heterocycles. The topological polar surface area (TPSA) is 76.7 Å². The molecule has 0 amide bonds. The SMILES string of the molecule is CC(C)C[C@H](N)c1n[nH]c(=O)n1C1CCCC1. The smallest absolute Gasteiger partial charge is 0.321 e. The molecule has 1 aliphatic rings. The third-order valence-corrected chi connectivity index (χ3v) is 3.48. The van der Waals surface area contributed by atoms with Crippen LogP contribution in [0.2, 0.25) is 0 Å². The van der Waals surface area contributed by atoms with Gasteiger partial charge < -0.3 is 5.73 Å². The molecule has 1 heterocycles. The van der Waals surface area contributed by atoms with Gasteiger partial charge in [-0.25, -0.2) is 9.89 Å². The number of rotatable bonds is 4. The second-order valence-electron chi connectivity index (χ2n) is 5.43. The number of H-pyrrole nitrogens is 1.